The zero-order valence-electron chi connectivity index (χ0n) is 17.1. The number of hydrogen-bond acceptors (Lipinski definition) is 0. The summed E-state index contributed by atoms with van der Waals surface area (Å²) < 4.78 is 2.61. The average Bonchev–Trinajstić information content (AvgIpc) is 3.26. The normalized spacial score (nSPS) is 22.6. The van der Waals surface area contributed by atoms with Crippen LogP contribution >= 0.6 is 0 Å². The van der Waals surface area contributed by atoms with Crippen molar-refractivity contribution in [3.63, 3.8) is 0 Å². The maximum atomic E-state index is 4.07. The van der Waals surface area contributed by atoms with E-state index >= 15 is 0 Å². The Labute approximate surface area is 164 Å². The molecule has 2 aliphatic rings. The summed E-state index contributed by atoms with van der Waals surface area (Å²) in [7, 11) is 0. The molecule has 27 heavy (non-hydrogen) atoms. The first-order valence-corrected chi connectivity index (χ1v) is 10.9. The van der Waals surface area contributed by atoms with Gasteiger partial charge in [-0.25, -0.2) is 0 Å². The molecule has 1 unspecified atom stereocenters. The minimum Gasteiger partial charge on any atom is -0.199 e. The Bertz CT molecular complexity index is 869. The highest BCUT2D eigenvalue weighted by atomic mass is 15.1. The third-order valence-electron chi connectivity index (χ3n) is 7.22. The SMILES string of the molecule is C=CCC1(C)C(C)=[N+](CCCCC2CCCC2)c2ccc3ccccc3c21. The van der Waals surface area contributed by atoms with Crippen LogP contribution in [0.2, 0.25) is 0 Å². The maximum absolute atomic E-state index is 4.07. The molecule has 0 N–H and O–H groups in total. The minimum atomic E-state index is 0.0589. The number of allylic oxidation sites excluding steroid dienone is 1. The average molecular weight is 361 g/mol. The summed E-state index contributed by atoms with van der Waals surface area (Å²) in [5.41, 5.74) is 4.49. The second kappa shape index (κ2) is 7.62. The van der Waals surface area contributed by atoms with E-state index in [0.717, 1.165) is 18.9 Å². The molecule has 0 bridgehead atoms. The Morgan fingerprint density at radius 1 is 1.11 bits per heavy atom. The van der Waals surface area contributed by atoms with Crippen molar-refractivity contribution >= 4 is 22.2 Å². The van der Waals surface area contributed by atoms with Gasteiger partial charge < -0.3 is 0 Å². The van der Waals surface area contributed by atoms with Crippen LogP contribution in [0, 0.1) is 5.92 Å². The van der Waals surface area contributed by atoms with Crippen LogP contribution in [-0.4, -0.2) is 16.8 Å². The van der Waals surface area contributed by atoms with Crippen molar-refractivity contribution in [2.24, 2.45) is 5.92 Å². The Morgan fingerprint density at radius 3 is 2.67 bits per heavy atom. The summed E-state index contributed by atoms with van der Waals surface area (Å²) >= 11 is 0. The molecule has 0 spiro atoms. The van der Waals surface area contributed by atoms with Gasteiger partial charge in [-0.1, -0.05) is 62.4 Å². The van der Waals surface area contributed by atoms with E-state index in [-0.39, 0.29) is 5.41 Å². The largest absolute Gasteiger partial charge is 0.210 e. The highest BCUT2D eigenvalue weighted by molar-refractivity contribution is 6.02. The molecule has 0 aromatic heterocycles. The third kappa shape index (κ3) is 3.26. The lowest BCUT2D eigenvalue weighted by Gasteiger charge is -2.21. The summed E-state index contributed by atoms with van der Waals surface area (Å²) in [5.74, 6) is 1.01. The minimum absolute atomic E-state index is 0.0589. The number of nitrogens with zero attached hydrogens (tertiary/aromatic N) is 1. The molecule has 0 amide bonds. The predicted molar refractivity (Wildman–Crippen MR) is 117 cm³/mol. The van der Waals surface area contributed by atoms with E-state index in [1.54, 1.807) is 0 Å². The Kier molecular flexibility index (Phi) is 5.21. The van der Waals surface area contributed by atoms with Crippen LogP contribution in [0.1, 0.15) is 70.8 Å². The van der Waals surface area contributed by atoms with Gasteiger partial charge in [0.2, 0.25) is 5.69 Å². The third-order valence-corrected chi connectivity index (χ3v) is 7.22. The summed E-state index contributed by atoms with van der Waals surface area (Å²) in [6, 6.07) is 13.5. The Morgan fingerprint density at radius 2 is 1.89 bits per heavy atom. The number of fused-ring (bicyclic) bond motifs is 3. The van der Waals surface area contributed by atoms with Crippen molar-refractivity contribution < 1.29 is 4.58 Å². The van der Waals surface area contributed by atoms with Gasteiger partial charge in [-0.3, -0.25) is 0 Å². The highest BCUT2D eigenvalue weighted by Crippen LogP contribution is 2.46. The molecule has 1 fully saturated rings. The van der Waals surface area contributed by atoms with Crippen LogP contribution in [0.4, 0.5) is 5.69 Å². The van der Waals surface area contributed by atoms with Gasteiger partial charge in [-0.2, -0.15) is 4.58 Å². The van der Waals surface area contributed by atoms with Crippen LogP contribution in [0.25, 0.3) is 10.8 Å². The van der Waals surface area contributed by atoms with Crippen molar-refractivity contribution in [1.29, 1.82) is 0 Å². The zero-order chi connectivity index (χ0) is 18.9. The molecule has 4 rings (SSSR count). The molecule has 2 aromatic carbocycles. The standard InChI is InChI=1S/C26H34N/c1-4-18-26(3)20(2)27(19-10-9-13-21-11-5-6-12-21)24-17-16-22-14-7-8-15-23(22)25(24)26/h4,7-8,14-17,21H,1,5-6,9-13,18-19H2,2-3H3/q+1. The van der Waals surface area contributed by atoms with Crippen LogP contribution in [0.3, 0.4) is 0 Å². The zero-order valence-corrected chi connectivity index (χ0v) is 17.1. The van der Waals surface area contributed by atoms with Gasteiger partial charge in [0, 0.05) is 25.0 Å². The van der Waals surface area contributed by atoms with E-state index in [0.29, 0.717) is 0 Å². The summed E-state index contributed by atoms with van der Waals surface area (Å²) in [5, 5.41) is 2.76. The fourth-order valence-corrected chi connectivity index (χ4v) is 5.55. The first-order valence-electron chi connectivity index (χ1n) is 10.9. The van der Waals surface area contributed by atoms with Crippen molar-refractivity contribution in [1.82, 2.24) is 0 Å². The second-order valence-electron chi connectivity index (χ2n) is 8.89. The first kappa shape index (κ1) is 18.5. The number of benzene rings is 2. The lowest BCUT2D eigenvalue weighted by atomic mass is 9.75. The molecular weight excluding hydrogens is 326 g/mol. The van der Waals surface area contributed by atoms with Gasteiger partial charge in [-0.05, 0) is 42.5 Å². The Hall–Kier alpha value is -1.89. The van der Waals surface area contributed by atoms with Crippen molar-refractivity contribution in [3.8, 4) is 0 Å². The van der Waals surface area contributed by atoms with Crippen molar-refractivity contribution in [2.45, 2.75) is 70.6 Å². The molecule has 1 nitrogen and oxygen atoms in total. The summed E-state index contributed by atoms with van der Waals surface area (Å²) in [4.78, 5) is 0. The van der Waals surface area contributed by atoms with E-state index in [2.05, 4.69) is 67.5 Å². The van der Waals surface area contributed by atoms with E-state index in [1.165, 1.54) is 72.7 Å². The molecule has 1 aliphatic heterocycles. The van der Waals surface area contributed by atoms with Gasteiger partial charge in [0.15, 0.2) is 5.71 Å². The van der Waals surface area contributed by atoms with E-state index < -0.39 is 0 Å². The molecule has 1 atom stereocenters. The van der Waals surface area contributed by atoms with Gasteiger partial charge in [0.1, 0.15) is 6.54 Å². The molecule has 1 heterocycles. The first-order chi connectivity index (χ1) is 13.1. The Balaban J connectivity index is 1.62. The maximum Gasteiger partial charge on any atom is 0.210 e. The number of rotatable bonds is 7. The van der Waals surface area contributed by atoms with Crippen LogP contribution < -0.4 is 0 Å². The van der Waals surface area contributed by atoms with Gasteiger partial charge >= 0.3 is 0 Å². The number of hydrogen-bond donors (Lipinski definition) is 0. The quantitative estimate of drug-likeness (QED) is 0.280. The van der Waals surface area contributed by atoms with E-state index in [1.807, 2.05) is 0 Å². The van der Waals surface area contributed by atoms with Crippen molar-refractivity contribution in [3.05, 3.63) is 54.6 Å². The molecule has 1 heteroatoms. The molecule has 2 aromatic rings. The van der Waals surface area contributed by atoms with E-state index in [9.17, 15) is 0 Å². The predicted octanol–water partition coefficient (Wildman–Crippen LogP) is 7.15. The van der Waals surface area contributed by atoms with Crippen LogP contribution in [-0.2, 0) is 5.41 Å². The molecule has 1 aliphatic carbocycles. The number of unbranched alkanes of at least 4 members (excludes halogenated alkanes) is 1. The topological polar surface area (TPSA) is 3.01 Å². The molecule has 0 saturated heterocycles. The summed E-state index contributed by atoms with van der Waals surface area (Å²) in [6.07, 6.45) is 13.1. The second-order valence-corrected chi connectivity index (χ2v) is 8.89. The molecule has 142 valence electrons. The molecule has 0 radical (unpaired) electrons. The fraction of sp³-hybridized carbons (Fsp3) is 0.500. The smallest absolute Gasteiger partial charge is 0.199 e. The fourth-order valence-electron chi connectivity index (χ4n) is 5.55. The van der Waals surface area contributed by atoms with Crippen LogP contribution in [0.15, 0.2) is 49.1 Å². The van der Waals surface area contributed by atoms with Crippen molar-refractivity contribution in [2.75, 3.05) is 6.54 Å². The monoisotopic (exact) mass is 360 g/mol. The van der Waals surface area contributed by atoms with Gasteiger partial charge in [0.05, 0.1) is 5.41 Å². The van der Waals surface area contributed by atoms with E-state index in [4.69, 9.17) is 0 Å². The van der Waals surface area contributed by atoms with Gasteiger partial charge in [-0.15, -0.1) is 6.58 Å². The van der Waals surface area contributed by atoms with Crippen LogP contribution in [0.5, 0.6) is 0 Å². The summed E-state index contributed by atoms with van der Waals surface area (Å²) in [6.45, 7) is 9.97. The lowest BCUT2D eigenvalue weighted by Crippen LogP contribution is -2.30. The highest BCUT2D eigenvalue weighted by Gasteiger charge is 2.46. The lowest BCUT2D eigenvalue weighted by molar-refractivity contribution is -0.439. The van der Waals surface area contributed by atoms with Gasteiger partial charge in [0.25, 0.3) is 0 Å². The molecule has 1 saturated carbocycles. The molecular formula is C26H34N+.